The summed E-state index contributed by atoms with van der Waals surface area (Å²) in [5.41, 5.74) is 2.05. The normalized spacial score (nSPS) is 13.2. The van der Waals surface area contributed by atoms with E-state index in [1.807, 2.05) is 6.92 Å². The fourth-order valence-electron chi connectivity index (χ4n) is 0.815. The molecule has 0 saturated heterocycles. The molecule has 0 fully saturated rings. The lowest BCUT2D eigenvalue weighted by Gasteiger charge is -2.10. The van der Waals surface area contributed by atoms with Crippen molar-refractivity contribution in [1.29, 1.82) is 0 Å². The molecule has 0 spiro atoms. The van der Waals surface area contributed by atoms with Gasteiger partial charge < -0.3 is 0 Å². The molecule has 0 rings (SSSR count). The van der Waals surface area contributed by atoms with Crippen LogP contribution in [0.3, 0.4) is 0 Å². The maximum atomic E-state index is 4.07. The molecular formula is C11H17N. The third-order valence-electron chi connectivity index (χ3n) is 2.01. The first-order chi connectivity index (χ1) is 5.63. The van der Waals surface area contributed by atoms with E-state index in [-0.39, 0.29) is 0 Å². The van der Waals surface area contributed by atoms with Gasteiger partial charge in [0.1, 0.15) is 0 Å². The number of aliphatic imine (C=N–C) groups is 1. The molecule has 0 amide bonds. The fraction of sp³-hybridized carbons (Fsp3) is 0.545. The van der Waals surface area contributed by atoms with Crippen LogP contribution >= 0.6 is 0 Å². The van der Waals surface area contributed by atoms with Crippen LogP contribution in [0.4, 0.5) is 0 Å². The molecule has 12 heavy (non-hydrogen) atoms. The Hall–Kier alpha value is -1.03. The first kappa shape index (κ1) is 11.0. The molecule has 1 atom stereocenters. The summed E-state index contributed by atoms with van der Waals surface area (Å²) in [6.45, 7) is 12.0. The third kappa shape index (κ3) is 3.39. The third-order valence-corrected chi connectivity index (χ3v) is 2.01. The molecule has 1 heteroatoms. The lowest BCUT2D eigenvalue weighted by Crippen LogP contribution is -2.04. The maximum Gasteiger partial charge on any atom is 0.0508 e. The Morgan fingerprint density at radius 3 is 2.58 bits per heavy atom. The summed E-state index contributed by atoms with van der Waals surface area (Å²) in [5, 5.41) is 0. The average Bonchev–Trinajstić information content (AvgIpc) is 2.11. The monoisotopic (exact) mass is 163 g/mol. The molecule has 0 saturated carbocycles. The standard InChI is InChI=1S/C11H17N/c1-6-8-12-11(5)10(4)9(3)7-2/h9H,4,7H2,1-3,5H3. The average molecular weight is 163 g/mol. The van der Waals surface area contributed by atoms with Crippen LogP contribution in [0, 0.1) is 17.9 Å². The summed E-state index contributed by atoms with van der Waals surface area (Å²) < 4.78 is 0. The van der Waals surface area contributed by atoms with Gasteiger partial charge in [0.2, 0.25) is 0 Å². The van der Waals surface area contributed by atoms with Crippen molar-refractivity contribution in [3.63, 3.8) is 0 Å². The zero-order valence-electron chi connectivity index (χ0n) is 8.44. The Balaban J connectivity index is 4.35. The molecule has 0 aliphatic rings. The van der Waals surface area contributed by atoms with Gasteiger partial charge in [0.15, 0.2) is 0 Å². The highest BCUT2D eigenvalue weighted by molar-refractivity contribution is 5.98. The van der Waals surface area contributed by atoms with Gasteiger partial charge in [-0.15, -0.1) is 0 Å². The molecule has 66 valence electrons. The topological polar surface area (TPSA) is 12.4 Å². The zero-order chi connectivity index (χ0) is 9.56. The second-order valence-corrected chi connectivity index (χ2v) is 2.89. The van der Waals surface area contributed by atoms with Crippen LogP contribution in [0.1, 0.15) is 34.1 Å². The largest absolute Gasteiger partial charge is 0.202 e. The van der Waals surface area contributed by atoms with Crippen LogP contribution in [-0.4, -0.2) is 5.71 Å². The van der Waals surface area contributed by atoms with E-state index in [2.05, 4.69) is 37.4 Å². The molecule has 0 radical (unpaired) electrons. The molecule has 0 aromatic rings. The molecule has 1 nitrogen and oxygen atoms in total. The van der Waals surface area contributed by atoms with Gasteiger partial charge in [0, 0.05) is 6.04 Å². The summed E-state index contributed by atoms with van der Waals surface area (Å²) in [7, 11) is 0. The minimum atomic E-state index is 0.507. The minimum Gasteiger partial charge on any atom is -0.202 e. The lowest BCUT2D eigenvalue weighted by molar-refractivity contribution is 0.680. The van der Waals surface area contributed by atoms with Crippen molar-refractivity contribution in [1.82, 2.24) is 0 Å². The number of allylic oxidation sites excluding steroid dienone is 1. The Labute approximate surface area is 75.6 Å². The van der Waals surface area contributed by atoms with Crippen LogP contribution in [-0.2, 0) is 0 Å². The van der Waals surface area contributed by atoms with Gasteiger partial charge in [-0.1, -0.05) is 26.3 Å². The molecule has 0 aromatic carbocycles. The molecular weight excluding hydrogens is 146 g/mol. The van der Waals surface area contributed by atoms with E-state index in [0.29, 0.717) is 5.92 Å². The molecule has 0 bridgehead atoms. The van der Waals surface area contributed by atoms with Crippen molar-refractivity contribution in [3.8, 4) is 12.0 Å². The Morgan fingerprint density at radius 1 is 1.58 bits per heavy atom. The molecule has 0 heterocycles. The highest BCUT2D eigenvalue weighted by atomic mass is 14.7. The quantitative estimate of drug-likeness (QED) is 0.448. The summed E-state index contributed by atoms with van der Waals surface area (Å²) in [6.07, 6.45) is 1.10. The number of nitrogens with zero attached hydrogens (tertiary/aromatic N) is 1. The van der Waals surface area contributed by atoms with Crippen LogP contribution in [0.25, 0.3) is 0 Å². The van der Waals surface area contributed by atoms with Gasteiger partial charge in [-0.3, -0.25) is 0 Å². The Kier molecular flexibility index (Phi) is 5.12. The van der Waals surface area contributed by atoms with E-state index in [4.69, 9.17) is 0 Å². The number of hydrogen-bond donors (Lipinski definition) is 0. The van der Waals surface area contributed by atoms with Gasteiger partial charge in [-0.25, -0.2) is 4.99 Å². The summed E-state index contributed by atoms with van der Waals surface area (Å²) in [6, 6.07) is 2.69. The van der Waals surface area contributed by atoms with E-state index in [1.165, 1.54) is 0 Å². The minimum absolute atomic E-state index is 0.507. The van der Waals surface area contributed by atoms with Crippen molar-refractivity contribution in [2.45, 2.75) is 34.1 Å². The molecule has 0 N–H and O–H groups in total. The van der Waals surface area contributed by atoms with Crippen molar-refractivity contribution in [2.24, 2.45) is 10.9 Å². The first-order valence-electron chi connectivity index (χ1n) is 4.28. The summed E-state index contributed by atoms with van der Waals surface area (Å²) in [4.78, 5) is 4.07. The molecule has 0 aliphatic carbocycles. The van der Waals surface area contributed by atoms with Gasteiger partial charge >= 0.3 is 0 Å². The summed E-state index contributed by atoms with van der Waals surface area (Å²) >= 11 is 0. The fourth-order valence-corrected chi connectivity index (χ4v) is 0.815. The molecule has 0 aromatic heterocycles. The van der Waals surface area contributed by atoms with E-state index in [1.54, 1.807) is 6.92 Å². The van der Waals surface area contributed by atoms with Crippen LogP contribution in [0.5, 0.6) is 0 Å². The van der Waals surface area contributed by atoms with E-state index < -0.39 is 0 Å². The predicted molar refractivity (Wildman–Crippen MR) is 55.2 cm³/mol. The highest BCUT2D eigenvalue weighted by Gasteiger charge is 2.05. The van der Waals surface area contributed by atoms with Crippen molar-refractivity contribution in [3.05, 3.63) is 12.2 Å². The van der Waals surface area contributed by atoms with Gasteiger partial charge in [0.05, 0.1) is 5.71 Å². The molecule has 1 unspecified atom stereocenters. The SMILES string of the molecule is C=C(C(C)=NC#CC)C(C)CC. The smallest absolute Gasteiger partial charge is 0.0508 e. The van der Waals surface area contributed by atoms with Crippen LogP contribution in [0.15, 0.2) is 17.1 Å². The van der Waals surface area contributed by atoms with Crippen molar-refractivity contribution >= 4 is 5.71 Å². The first-order valence-corrected chi connectivity index (χ1v) is 4.28. The maximum absolute atomic E-state index is 4.07. The zero-order valence-corrected chi connectivity index (χ0v) is 8.44. The van der Waals surface area contributed by atoms with Crippen molar-refractivity contribution < 1.29 is 0 Å². The van der Waals surface area contributed by atoms with Gasteiger partial charge in [0.25, 0.3) is 0 Å². The highest BCUT2D eigenvalue weighted by Crippen LogP contribution is 2.13. The number of rotatable bonds is 3. The van der Waals surface area contributed by atoms with Crippen molar-refractivity contribution in [2.75, 3.05) is 0 Å². The van der Waals surface area contributed by atoms with Gasteiger partial charge in [-0.05, 0) is 31.8 Å². The number of hydrogen-bond acceptors (Lipinski definition) is 1. The summed E-state index contributed by atoms with van der Waals surface area (Å²) in [5.74, 6) is 3.24. The van der Waals surface area contributed by atoms with Gasteiger partial charge in [-0.2, -0.15) is 0 Å². The Morgan fingerprint density at radius 2 is 2.17 bits per heavy atom. The van der Waals surface area contributed by atoms with Crippen LogP contribution in [0.2, 0.25) is 0 Å². The van der Waals surface area contributed by atoms with E-state index in [0.717, 1.165) is 17.7 Å². The van der Waals surface area contributed by atoms with E-state index >= 15 is 0 Å². The van der Waals surface area contributed by atoms with E-state index in [9.17, 15) is 0 Å². The Bertz CT molecular complexity index is 237. The second kappa shape index (κ2) is 5.60. The molecule has 0 aliphatic heterocycles. The second-order valence-electron chi connectivity index (χ2n) is 2.89. The van der Waals surface area contributed by atoms with Crippen LogP contribution < -0.4 is 0 Å². The lowest BCUT2D eigenvalue weighted by atomic mass is 9.97. The predicted octanol–water partition coefficient (Wildman–Crippen LogP) is 3.03.